The zero-order chi connectivity index (χ0) is 16.2. The molecule has 0 amide bonds. The van der Waals surface area contributed by atoms with E-state index in [-0.39, 0.29) is 5.91 Å². The fraction of sp³-hybridized carbons (Fsp3) is 0.0526. The van der Waals surface area contributed by atoms with Gasteiger partial charge in [-0.05, 0) is 29.8 Å². The van der Waals surface area contributed by atoms with Crippen molar-refractivity contribution in [1.82, 2.24) is 4.57 Å². The van der Waals surface area contributed by atoms with Gasteiger partial charge in [0.15, 0.2) is 0 Å². The highest BCUT2D eigenvalue weighted by molar-refractivity contribution is 6.02. The van der Waals surface area contributed by atoms with Gasteiger partial charge < -0.3 is 4.74 Å². The Morgan fingerprint density at radius 2 is 1.91 bits per heavy atom. The molecule has 0 saturated heterocycles. The van der Waals surface area contributed by atoms with Crippen LogP contribution in [0, 0.1) is 11.3 Å². The normalized spacial score (nSPS) is 10.8. The molecule has 1 heterocycles. The lowest BCUT2D eigenvalue weighted by Crippen LogP contribution is -2.05. The Morgan fingerprint density at radius 3 is 2.61 bits per heavy atom. The van der Waals surface area contributed by atoms with Crippen molar-refractivity contribution in [2.45, 2.75) is 0 Å². The number of hydrogen-bond acceptors (Lipinski definition) is 3. The van der Waals surface area contributed by atoms with E-state index < -0.39 is 0 Å². The summed E-state index contributed by atoms with van der Waals surface area (Å²) in [5.74, 6) is 0.571. The molecule has 0 aliphatic rings. The molecule has 0 atom stereocenters. The third kappa shape index (κ3) is 2.85. The number of benzene rings is 2. The summed E-state index contributed by atoms with van der Waals surface area (Å²) in [5, 5.41) is 9.96. The van der Waals surface area contributed by atoms with Crippen molar-refractivity contribution in [1.29, 1.82) is 5.26 Å². The Kier molecular flexibility index (Phi) is 3.94. The van der Waals surface area contributed by atoms with Crippen LogP contribution in [0.25, 0.3) is 17.0 Å². The van der Waals surface area contributed by atoms with Crippen LogP contribution >= 0.6 is 0 Å². The zero-order valence-corrected chi connectivity index (χ0v) is 12.6. The molecular formula is C19H14N2O2. The smallest absolute Gasteiger partial charge is 0.255 e. The first kappa shape index (κ1) is 14.6. The topological polar surface area (TPSA) is 55.0 Å². The van der Waals surface area contributed by atoms with Gasteiger partial charge in [-0.25, -0.2) is 0 Å². The number of fused-ring (bicyclic) bond motifs is 1. The van der Waals surface area contributed by atoms with Gasteiger partial charge in [0.2, 0.25) is 0 Å². The molecule has 4 heteroatoms. The number of ether oxygens (including phenoxy) is 1. The van der Waals surface area contributed by atoms with Gasteiger partial charge in [0.1, 0.15) is 11.8 Å². The minimum absolute atomic E-state index is 0.196. The molecule has 3 rings (SSSR count). The maximum atomic E-state index is 12.4. The van der Waals surface area contributed by atoms with Gasteiger partial charge in [-0.1, -0.05) is 30.3 Å². The summed E-state index contributed by atoms with van der Waals surface area (Å²) in [6.07, 6.45) is 4.81. The average molecular weight is 302 g/mol. The molecule has 0 unspecified atom stereocenters. The lowest BCUT2D eigenvalue weighted by atomic mass is 10.2. The zero-order valence-electron chi connectivity index (χ0n) is 12.6. The number of nitriles is 1. The molecule has 23 heavy (non-hydrogen) atoms. The number of aromatic nitrogens is 1. The van der Waals surface area contributed by atoms with E-state index >= 15 is 0 Å². The first-order valence-corrected chi connectivity index (χ1v) is 7.09. The van der Waals surface area contributed by atoms with Crippen molar-refractivity contribution < 1.29 is 9.53 Å². The summed E-state index contributed by atoms with van der Waals surface area (Å²) >= 11 is 0. The average Bonchev–Trinajstić information content (AvgIpc) is 2.99. The molecule has 0 radical (unpaired) electrons. The molecule has 0 fully saturated rings. The standard InChI is InChI=1S/C19H14N2O2/c1-23-16-9-6-14(7-10-16)8-11-19(22)21-13-15(12-20)17-4-2-3-5-18(17)21/h2-11,13H,1H3/b11-8+. The van der Waals surface area contributed by atoms with Crippen LogP contribution in [0.2, 0.25) is 0 Å². The van der Waals surface area contributed by atoms with Gasteiger partial charge in [-0.2, -0.15) is 5.26 Å². The first-order chi connectivity index (χ1) is 11.2. The number of carbonyl (C=O) groups excluding carboxylic acids is 1. The van der Waals surface area contributed by atoms with Crippen LogP contribution in [0.5, 0.6) is 5.75 Å². The van der Waals surface area contributed by atoms with Gasteiger partial charge in [-0.15, -0.1) is 0 Å². The summed E-state index contributed by atoms with van der Waals surface area (Å²) < 4.78 is 6.60. The Bertz CT molecular complexity index is 928. The molecule has 2 aromatic carbocycles. The molecule has 0 spiro atoms. The van der Waals surface area contributed by atoms with Crippen LogP contribution in [-0.4, -0.2) is 17.6 Å². The predicted octanol–water partition coefficient (Wildman–Crippen LogP) is 3.88. The fourth-order valence-corrected chi connectivity index (χ4v) is 2.41. The second-order valence-electron chi connectivity index (χ2n) is 4.99. The Balaban J connectivity index is 1.91. The number of methoxy groups -OCH3 is 1. The monoisotopic (exact) mass is 302 g/mol. The maximum absolute atomic E-state index is 12.4. The van der Waals surface area contributed by atoms with Gasteiger partial charge in [0, 0.05) is 17.7 Å². The van der Waals surface area contributed by atoms with E-state index in [1.54, 1.807) is 19.4 Å². The van der Waals surface area contributed by atoms with Crippen molar-refractivity contribution in [2.75, 3.05) is 7.11 Å². The van der Waals surface area contributed by atoms with Gasteiger partial charge in [0.25, 0.3) is 5.91 Å². The summed E-state index contributed by atoms with van der Waals surface area (Å²) in [6, 6.07) is 16.9. The molecule has 112 valence electrons. The van der Waals surface area contributed by atoms with E-state index in [1.165, 1.54) is 10.6 Å². The van der Waals surface area contributed by atoms with Crippen LogP contribution < -0.4 is 4.74 Å². The number of rotatable bonds is 3. The van der Waals surface area contributed by atoms with Crippen molar-refractivity contribution >= 4 is 22.9 Å². The second-order valence-corrected chi connectivity index (χ2v) is 4.99. The van der Waals surface area contributed by atoms with E-state index in [4.69, 9.17) is 4.74 Å². The minimum atomic E-state index is -0.196. The number of nitrogens with zero attached hydrogens (tertiary/aromatic N) is 2. The van der Waals surface area contributed by atoms with Crippen molar-refractivity contribution in [3.63, 3.8) is 0 Å². The molecule has 3 aromatic rings. The minimum Gasteiger partial charge on any atom is -0.497 e. The lowest BCUT2D eigenvalue weighted by Gasteiger charge is -2.00. The highest BCUT2D eigenvalue weighted by Gasteiger charge is 2.10. The number of para-hydroxylation sites is 1. The Morgan fingerprint density at radius 1 is 1.17 bits per heavy atom. The lowest BCUT2D eigenvalue weighted by molar-refractivity contribution is 0.0974. The van der Waals surface area contributed by atoms with Crippen LogP contribution in [0.15, 0.2) is 60.8 Å². The van der Waals surface area contributed by atoms with E-state index in [1.807, 2.05) is 48.5 Å². The van der Waals surface area contributed by atoms with Crippen molar-refractivity contribution in [3.8, 4) is 11.8 Å². The fourth-order valence-electron chi connectivity index (χ4n) is 2.41. The van der Waals surface area contributed by atoms with E-state index in [2.05, 4.69) is 6.07 Å². The maximum Gasteiger partial charge on any atom is 0.255 e. The summed E-state index contributed by atoms with van der Waals surface area (Å²) in [5.41, 5.74) is 2.12. The Labute approximate surface area is 133 Å². The van der Waals surface area contributed by atoms with Crippen LogP contribution in [0.4, 0.5) is 0 Å². The number of allylic oxidation sites excluding steroid dienone is 1. The quantitative estimate of drug-likeness (QED) is 0.690. The van der Waals surface area contributed by atoms with Crippen LogP contribution in [0.3, 0.4) is 0 Å². The largest absolute Gasteiger partial charge is 0.497 e. The molecule has 4 nitrogen and oxygen atoms in total. The molecule has 0 aliphatic carbocycles. The molecule has 0 bridgehead atoms. The van der Waals surface area contributed by atoms with Gasteiger partial charge in [-0.3, -0.25) is 9.36 Å². The molecule has 0 aliphatic heterocycles. The predicted molar refractivity (Wildman–Crippen MR) is 89.3 cm³/mol. The van der Waals surface area contributed by atoms with E-state index in [0.717, 1.165) is 22.2 Å². The molecule has 0 saturated carbocycles. The summed E-state index contributed by atoms with van der Waals surface area (Å²) in [6.45, 7) is 0. The third-order valence-electron chi connectivity index (χ3n) is 3.60. The van der Waals surface area contributed by atoms with Crippen LogP contribution in [0.1, 0.15) is 15.9 Å². The summed E-state index contributed by atoms with van der Waals surface area (Å²) in [4.78, 5) is 12.4. The van der Waals surface area contributed by atoms with Gasteiger partial charge in [0.05, 0.1) is 18.2 Å². The highest BCUT2D eigenvalue weighted by Crippen LogP contribution is 2.21. The molecule has 0 N–H and O–H groups in total. The molecular weight excluding hydrogens is 288 g/mol. The molecule has 1 aromatic heterocycles. The summed E-state index contributed by atoms with van der Waals surface area (Å²) in [7, 11) is 1.61. The number of hydrogen-bond donors (Lipinski definition) is 0. The van der Waals surface area contributed by atoms with E-state index in [0.29, 0.717) is 5.56 Å². The van der Waals surface area contributed by atoms with Gasteiger partial charge >= 0.3 is 0 Å². The number of carbonyl (C=O) groups is 1. The Hall–Kier alpha value is -3.32. The van der Waals surface area contributed by atoms with Crippen molar-refractivity contribution in [2.24, 2.45) is 0 Å². The second kappa shape index (κ2) is 6.20. The van der Waals surface area contributed by atoms with E-state index in [9.17, 15) is 10.1 Å². The van der Waals surface area contributed by atoms with Crippen molar-refractivity contribution in [3.05, 3.63) is 71.9 Å². The third-order valence-corrected chi connectivity index (χ3v) is 3.60. The first-order valence-electron chi connectivity index (χ1n) is 7.09. The SMILES string of the molecule is COc1ccc(/C=C/C(=O)n2cc(C#N)c3ccccc32)cc1. The van der Waals surface area contributed by atoms with Crippen LogP contribution in [-0.2, 0) is 0 Å². The highest BCUT2D eigenvalue weighted by atomic mass is 16.5.